The average molecular weight is 996 g/mol. The summed E-state index contributed by atoms with van der Waals surface area (Å²) in [6.07, 6.45) is 3.47. The fourth-order valence-corrected chi connectivity index (χ4v) is 8.14. The van der Waals surface area contributed by atoms with Gasteiger partial charge in [-0.15, -0.1) is 0 Å². The summed E-state index contributed by atoms with van der Waals surface area (Å²) in [4.78, 5) is 36.8. The smallest absolute Gasteiger partial charge is 0.333 e. The van der Waals surface area contributed by atoms with Crippen molar-refractivity contribution in [1.82, 2.24) is 16.2 Å². The molecule has 3 aliphatic rings. The normalized spacial score (nSPS) is 42.9. The lowest BCUT2D eigenvalue weighted by atomic mass is 9.87. The summed E-state index contributed by atoms with van der Waals surface area (Å²) in [5, 5.41) is 112. The number of fused-ring (bicyclic) bond motifs is 2. The number of carbonyl (C=O) groups is 3. The number of urea groups is 2. The van der Waals surface area contributed by atoms with Gasteiger partial charge < -0.3 is 86.8 Å². The number of amides is 4. The standard InChI is InChI=1S/C48H77N5O17/c1-27-17-15-13-11-9-7-5-6-8-10-12-14-16-18-34(69-45-44(63)40(49)43(62)30(4)68-45)24-38-41(51-47(65)53-52-46(50)64)37(59)26-48(66,70-38)25-33(56)22-36(58)35(57)20-19-31(54)21-32(55)23-39(60)67-29(3)28(2)42(27)61/h5-18,27-38,40-45,54-59,61-63,66H,19-26,49H2,1-4H3,(H3,50,52,64)(H2,51,53,65)/b6-5+,9-7+,10-8+,13-11+,14-12+,17-15+,18-16+/t27-,28-,29-,30+,31+,32+,33-,34-,35+,36+,37-,38-,40-,41+,42+,43+,44-,45-,48+/m0/s1. The molecule has 0 spiro atoms. The minimum absolute atomic E-state index is 0.121. The predicted octanol–water partition coefficient (Wildman–Crippen LogP) is -0.738. The third-order valence-electron chi connectivity index (χ3n) is 12.3. The van der Waals surface area contributed by atoms with E-state index in [2.05, 4.69) is 5.32 Å². The number of rotatable bonds is 3. The Morgan fingerprint density at radius 2 is 1.26 bits per heavy atom. The second-order valence-corrected chi connectivity index (χ2v) is 18.3. The number of hydrogen-bond acceptors (Lipinski definition) is 18. The first-order valence-corrected chi connectivity index (χ1v) is 23.6. The van der Waals surface area contributed by atoms with Crippen LogP contribution in [0.15, 0.2) is 85.1 Å². The molecule has 3 rings (SSSR count). The van der Waals surface area contributed by atoms with Gasteiger partial charge in [0.15, 0.2) is 12.1 Å². The Kier molecular flexibility index (Phi) is 25.6. The molecule has 70 heavy (non-hydrogen) atoms. The van der Waals surface area contributed by atoms with E-state index in [1.165, 1.54) is 13.0 Å². The van der Waals surface area contributed by atoms with E-state index in [-0.39, 0.29) is 31.6 Å². The number of aliphatic hydroxyl groups is 10. The molecule has 3 aliphatic heterocycles. The van der Waals surface area contributed by atoms with E-state index in [9.17, 15) is 65.4 Å². The summed E-state index contributed by atoms with van der Waals surface area (Å²) >= 11 is 0. The third kappa shape index (κ3) is 20.8. The first kappa shape index (κ1) is 59.9. The first-order valence-electron chi connectivity index (χ1n) is 23.6. The topological polar surface area (TPSA) is 379 Å². The molecule has 0 aromatic carbocycles. The Morgan fingerprint density at radius 1 is 0.671 bits per heavy atom. The number of carbonyl (C=O) groups excluding carboxylic acids is 3. The maximum Gasteiger partial charge on any atom is 0.333 e. The van der Waals surface area contributed by atoms with E-state index in [0.717, 1.165) is 0 Å². The molecule has 0 unspecified atom stereocenters. The van der Waals surface area contributed by atoms with Crippen molar-refractivity contribution in [2.45, 2.75) is 183 Å². The second kappa shape index (κ2) is 29.8. The Balaban J connectivity index is 1.92. The maximum atomic E-state index is 12.8. The van der Waals surface area contributed by atoms with Crippen molar-refractivity contribution in [2.75, 3.05) is 0 Å². The number of cyclic esters (lactones) is 1. The highest BCUT2D eigenvalue weighted by Gasteiger charge is 2.49. The van der Waals surface area contributed by atoms with Gasteiger partial charge in [0, 0.05) is 37.5 Å². The largest absolute Gasteiger partial charge is 0.462 e. The van der Waals surface area contributed by atoms with Gasteiger partial charge in [0.05, 0.1) is 85.6 Å². The van der Waals surface area contributed by atoms with E-state index >= 15 is 0 Å². The van der Waals surface area contributed by atoms with Crippen LogP contribution >= 0.6 is 0 Å². The maximum absolute atomic E-state index is 12.8. The lowest BCUT2D eigenvalue weighted by Crippen LogP contribution is -2.64. The van der Waals surface area contributed by atoms with E-state index in [0.29, 0.717) is 0 Å². The van der Waals surface area contributed by atoms with Gasteiger partial charge in [0.2, 0.25) is 0 Å². The number of aliphatic hydroxyl groups excluding tert-OH is 9. The molecule has 0 aromatic heterocycles. The van der Waals surface area contributed by atoms with Crippen molar-refractivity contribution in [1.29, 1.82) is 0 Å². The zero-order valence-electron chi connectivity index (χ0n) is 40.1. The van der Waals surface area contributed by atoms with Gasteiger partial charge in [0.1, 0.15) is 12.2 Å². The molecule has 0 aromatic rings. The van der Waals surface area contributed by atoms with Crippen LogP contribution in [-0.2, 0) is 23.7 Å². The molecule has 19 atom stereocenters. The van der Waals surface area contributed by atoms with E-state index in [1.807, 2.05) is 23.9 Å². The van der Waals surface area contributed by atoms with Gasteiger partial charge in [-0.05, 0) is 33.1 Å². The highest BCUT2D eigenvalue weighted by molar-refractivity contribution is 5.79. The number of nitrogens with one attached hydrogen (secondary N) is 3. The molecule has 2 bridgehead atoms. The SMILES string of the molecule is C[C@@H]1[C@H](O)[C@@H](C)/C=C/C=C/C=C/C=C/C=C/C=C/C=C/[C@H](O[C@@H]2O[C@H](C)[C@@H](O)[C@H](N)[C@@H]2O)C[C@@H]2O[C@](O)(C[C@@H](O)C[C@@H](O)[C@H](O)CC[C@@H](O)C[C@@H](O)CC(=O)O[C@H]1C)C[C@H](O)[C@H]2NC(=O)NNC(N)=O. The summed E-state index contributed by atoms with van der Waals surface area (Å²) in [5.41, 5.74) is 15.0. The molecule has 0 radical (unpaired) electrons. The average Bonchev–Trinajstić information content (AvgIpc) is 3.28. The predicted molar refractivity (Wildman–Crippen MR) is 254 cm³/mol. The molecule has 22 nitrogen and oxygen atoms in total. The molecular weight excluding hydrogens is 919 g/mol. The van der Waals surface area contributed by atoms with Gasteiger partial charge in [-0.1, -0.05) is 98.9 Å². The van der Waals surface area contributed by atoms with Gasteiger partial charge in [-0.25, -0.2) is 20.4 Å². The van der Waals surface area contributed by atoms with Gasteiger partial charge in [-0.2, -0.15) is 0 Å². The van der Waals surface area contributed by atoms with Gasteiger partial charge >= 0.3 is 18.0 Å². The van der Waals surface area contributed by atoms with Crippen molar-refractivity contribution in [3.63, 3.8) is 0 Å². The lowest BCUT2D eigenvalue weighted by molar-refractivity contribution is -0.303. The zero-order valence-corrected chi connectivity index (χ0v) is 40.1. The molecule has 0 aliphatic carbocycles. The zero-order chi connectivity index (χ0) is 52.1. The van der Waals surface area contributed by atoms with Crippen LogP contribution in [0.4, 0.5) is 9.59 Å². The molecule has 2 saturated heterocycles. The summed E-state index contributed by atoms with van der Waals surface area (Å²) in [7, 11) is 0. The minimum atomic E-state index is -2.33. The summed E-state index contributed by atoms with van der Waals surface area (Å²) in [6.45, 7) is 6.73. The summed E-state index contributed by atoms with van der Waals surface area (Å²) in [5.74, 6) is -3.83. The number of nitrogens with two attached hydrogens (primary N) is 2. The number of ether oxygens (including phenoxy) is 4. The number of esters is 1. The molecular formula is C48H77N5O17. The first-order chi connectivity index (χ1) is 33.0. The Labute approximate surface area is 408 Å². The highest BCUT2D eigenvalue weighted by atomic mass is 16.7. The fourth-order valence-electron chi connectivity index (χ4n) is 8.14. The molecule has 22 heteroatoms. The Bertz CT molecular complexity index is 1830. The molecule has 2 fully saturated rings. The highest BCUT2D eigenvalue weighted by Crippen LogP contribution is 2.35. The summed E-state index contributed by atoms with van der Waals surface area (Å²) < 4.78 is 23.5. The van der Waals surface area contributed by atoms with Crippen LogP contribution in [0.25, 0.3) is 0 Å². The molecule has 396 valence electrons. The van der Waals surface area contributed by atoms with E-state index < -0.39 is 153 Å². The molecule has 4 amide bonds. The molecule has 3 heterocycles. The van der Waals surface area contributed by atoms with Crippen LogP contribution in [-0.4, -0.2) is 173 Å². The monoisotopic (exact) mass is 996 g/mol. The lowest BCUT2D eigenvalue weighted by Gasteiger charge is -2.46. The fraction of sp³-hybridized carbons (Fsp3) is 0.646. The van der Waals surface area contributed by atoms with Crippen LogP contribution in [0.1, 0.15) is 79.1 Å². The molecule has 17 N–H and O–H groups in total. The van der Waals surface area contributed by atoms with E-state index in [1.54, 1.807) is 86.8 Å². The van der Waals surface area contributed by atoms with Crippen molar-refractivity contribution < 1.29 is 84.4 Å². The third-order valence-corrected chi connectivity index (χ3v) is 12.3. The number of hydrogen-bond donors (Lipinski definition) is 15. The second-order valence-electron chi connectivity index (χ2n) is 18.3. The van der Waals surface area contributed by atoms with Crippen molar-refractivity contribution >= 4 is 18.0 Å². The van der Waals surface area contributed by atoms with Gasteiger partial charge in [0.25, 0.3) is 0 Å². The Morgan fingerprint density at radius 3 is 1.86 bits per heavy atom. The van der Waals surface area contributed by atoms with Crippen LogP contribution in [0.3, 0.4) is 0 Å². The Hall–Kier alpha value is -4.37. The number of hydrazine groups is 1. The van der Waals surface area contributed by atoms with Crippen LogP contribution in [0.2, 0.25) is 0 Å². The van der Waals surface area contributed by atoms with Crippen LogP contribution in [0.5, 0.6) is 0 Å². The van der Waals surface area contributed by atoms with Gasteiger partial charge in [-0.3, -0.25) is 4.79 Å². The number of primary amides is 1. The molecule has 0 saturated carbocycles. The van der Waals surface area contributed by atoms with Crippen LogP contribution < -0.4 is 27.6 Å². The van der Waals surface area contributed by atoms with Crippen LogP contribution in [0, 0.1) is 11.8 Å². The van der Waals surface area contributed by atoms with Crippen molar-refractivity contribution in [2.24, 2.45) is 23.3 Å². The summed E-state index contributed by atoms with van der Waals surface area (Å²) in [6, 6.07) is -4.64. The minimum Gasteiger partial charge on any atom is -0.462 e. The van der Waals surface area contributed by atoms with E-state index in [4.69, 9.17) is 30.4 Å². The van der Waals surface area contributed by atoms with Crippen molar-refractivity contribution in [3.8, 4) is 0 Å². The van der Waals surface area contributed by atoms with Crippen molar-refractivity contribution in [3.05, 3.63) is 85.1 Å². The quantitative estimate of drug-likeness (QED) is 0.122. The number of allylic oxidation sites excluding steroid dienone is 12.